The Morgan fingerprint density at radius 1 is 1.10 bits per heavy atom. The Bertz CT molecular complexity index is 1440. The van der Waals surface area contributed by atoms with Crippen LogP contribution in [0, 0.1) is 29.0 Å². The van der Waals surface area contributed by atoms with Gasteiger partial charge in [-0.1, -0.05) is 12.8 Å². The van der Waals surface area contributed by atoms with Gasteiger partial charge in [0.2, 0.25) is 11.3 Å². The first-order valence-corrected chi connectivity index (χ1v) is 15.1. The van der Waals surface area contributed by atoms with Gasteiger partial charge in [-0.3, -0.25) is 14.4 Å². The summed E-state index contributed by atoms with van der Waals surface area (Å²) in [5.74, 6) is 1.49. The van der Waals surface area contributed by atoms with Gasteiger partial charge in [-0.25, -0.2) is 4.39 Å². The summed E-state index contributed by atoms with van der Waals surface area (Å²) in [6, 6.07) is 0. The maximum absolute atomic E-state index is 15.7. The molecule has 8 rings (SSSR count). The van der Waals surface area contributed by atoms with Crippen LogP contribution in [0.1, 0.15) is 87.9 Å². The maximum Gasteiger partial charge on any atom is 0.226 e. The van der Waals surface area contributed by atoms with Gasteiger partial charge in [-0.05, 0) is 82.5 Å². The van der Waals surface area contributed by atoms with Crippen LogP contribution < -0.4 is 26.5 Å². The Kier molecular flexibility index (Phi) is 5.95. The largest absolute Gasteiger partial charge is 0.487 e. The summed E-state index contributed by atoms with van der Waals surface area (Å²) < 4.78 is 23.9. The minimum absolute atomic E-state index is 0.0135. The van der Waals surface area contributed by atoms with Crippen molar-refractivity contribution in [2.45, 2.75) is 83.1 Å². The van der Waals surface area contributed by atoms with Crippen LogP contribution >= 0.6 is 0 Å². The Hall–Kier alpha value is -3.10. The number of nitrogens with two attached hydrogens (primary N) is 1. The van der Waals surface area contributed by atoms with Crippen molar-refractivity contribution in [2.24, 2.45) is 23.2 Å². The highest BCUT2D eigenvalue weighted by Crippen LogP contribution is 2.60. The summed E-state index contributed by atoms with van der Waals surface area (Å²) in [5, 5.41) is 6.35. The first kappa shape index (κ1) is 25.8. The molecule has 5 saturated carbocycles. The fraction of sp³-hybridized carbons (Fsp3) is 0.645. The van der Waals surface area contributed by atoms with Crippen molar-refractivity contribution >= 4 is 34.0 Å². The van der Waals surface area contributed by atoms with Gasteiger partial charge in [-0.2, -0.15) is 0 Å². The molecule has 9 heteroatoms. The van der Waals surface area contributed by atoms with Crippen LogP contribution in [-0.4, -0.2) is 36.0 Å². The molecule has 1 aromatic carbocycles. The number of nitrogens with one attached hydrogen (secondary N) is 2. The number of anilines is 2. The average Bonchev–Trinajstić information content (AvgIpc) is 3.38. The lowest BCUT2D eigenvalue weighted by Crippen LogP contribution is -2.53. The number of aromatic nitrogens is 1. The number of nitrogen functional groups attached to an aromatic ring is 1. The molecule has 0 unspecified atom stereocenters. The highest BCUT2D eigenvalue weighted by molar-refractivity contribution is 6.04. The zero-order valence-electron chi connectivity index (χ0n) is 23.2. The molecular formula is C31H39FN4O4. The lowest BCUT2D eigenvalue weighted by atomic mass is 9.49. The van der Waals surface area contributed by atoms with E-state index in [1.54, 1.807) is 6.20 Å². The molecule has 5 aliphatic carbocycles. The lowest BCUT2D eigenvalue weighted by molar-refractivity contribution is -0.146. The number of pyridine rings is 1. The second-order valence-electron chi connectivity index (χ2n) is 13.4. The fourth-order valence-electron chi connectivity index (χ4n) is 9.25. The molecule has 5 fully saturated rings. The fourth-order valence-corrected chi connectivity index (χ4v) is 9.25. The smallest absolute Gasteiger partial charge is 0.226 e. The molecule has 4 N–H and O–H groups in total. The van der Waals surface area contributed by atoms with Crippen LogP contribution in [0.25, 0.3) is 10.9 Å². The van der Waals surface area contributed by atoms with Crippen molar-refractivity contribution in [2.75, 3.05) is 30.7 Å². The summed E-state index contributed by atoms with van der Waals surface area (Å²) in [6.07, 6.45) is 12.9. The van der Waals surface area contributed by atoms with E-state index < -0.39 is 11.2 Å². The van der Waals surface area contributed by atoms with E-state index in [-0.39, 0.29) is 50.7 Å². The van der Waals surface area contributed by atoms with Crippen LogP contribution in [0.5, 0.6) is 5.75 Å². The average molecular weight is 551 g/mol. The standard InChI is InChI=1S/C31H39FN4O4/c1-17(37)21-15-36-26-22(27(21)38)24(33)23(32)25(28(26)40-16-31(36)5-2-3-6-31)34-7-4-8-35-29(39)30-12-18-9-19(13-30)11-20(10-18)14-30/h15,18-20,34H,2-14,16,33H2,1H3,(H,35,39). The van der Waals surface area contributed by atoms with Crippen LogP contribution in [-0.2, 0) is 10.3 Å². The molecule has 1 aromatic heterocycles. The molecule has 214 valence electrons. The number of fused-ring (bicyclic) bond motifs is 1. The molecule has 2 aromatic rings. The number of halogens is 1. The van der Waals surface area contributed by atoms with E-state index in [9.17, 15) is 14.4 Å². The monoisotopic (exact) mass is 550 g/mol. The zero-order valence-corrected chi connectivity index (χ0v) is 23.2. The third-order valence-corrected chi connectivity index (χ3v) is 10.7. The van der Waals surface area contributed by atoms with Gasteiger partial charge in [0, 0.05) is 24.7 Å². The zero-order chi connectivity index (χ0) is 27.8. The summed E-state index contributed by atoms with van der Waals surface area (Å²) in [7, 11) is 0. The number of nitrogens with zero attached hydrogens (tertiary/aromatic N) is 1. The molecule has 0 saturated heterocycles. The third-order valence-electron chi connectivity index (χ3n) is 10.7. The number of carbonyl (C=O) groups excluding carboxylic acids is 2. The summed E-state index contributed by atoms with van der Waals surface area (Å²) in [6.45, 7) is 2.60. The molecule has 40 heavy (non-hydrogen) atoms. The van der Waals surface area contributed by atoms with Crippen LogP contribution in [0.3, 0.4) is 0 Å². The van der Waals surface area contributed by atoms with Crippen LogP contribution in [0.15, 0.2) is 11.0 Å². The van der Waals surface area contributed by atoms with Gasteiger partial charge in [-0.15, -0.1) is 0 Å². The summed E-state index contributed by atoms with van der Waals surface area (Å²) >= 11 is 0. The van der Waals surface area contributed by atoms with Crippen molar-refractivity contribution in [3.63, 3.8) is 0 Å². The quantitative estimate of drug-likeness (QED) is 0.261. The molecule has 0 atom stereocenters. The molecule has 8 nitrogen and oxygen atoms in total. The van der Waals surface area contributed by atoms with Gasteiger partial charge in [0.15, 0.2) is 17.3 Å². The highest BCUT2D eigenvalue weighted by atomic mass is 19.1. The first-order chi connectivity index (χ1) is 19.2. The first-order valence-electron chi connectivity index (χ1n) is 15.1. The number of amides is 1. The second-order valence-corrected chi connectivity index (χ2v) is 13.4. The second kappa shape index (κ2) is 9.21. The van der Waals surface area contributed by atoms with Crippen molar-refractivity contribution in [3.8, 4) is 5.75 Å². The molecule has 4 bridgehead atoms. The highest BCUT2D eigenvalue weighted by Gasteiger charge is 2.54. The lowest BCUT2D eigenvalue weighted by Gasteiger charge is -2.55. The van der Waals surface area contributed by atoms with Crippen LogP contribution in [0.4, 0.5) is 15.8 Å². The minimum Gasteiger partial charge on any atom is -0.487 e. The van der Waals surface area contributed by atoms with Crippen molar-refractivity contribution in [1.29, 1.82) is 0 Å². The Labute approximate surface area is 233 Å². The SMILES string of the molecule is CC(=O)c1cn2c3c(c(NCCCNC(=O)C45CC6CC(CC(C6)C4)C5)c(F)c(N)c3c1=O)OCC21CCCC1. The van der Waals surface area contributed by atoms with E-state index in [4.69, 9.17) is 10.5 Å². The summed E-state index contributed by atoms with van der Waals surface area (Å²) in [5.41, 5.74) is 5.47. The number of ketones is 1. The predicted molar refractivity (Wildman–Crippen MR) is 151 cm³/mol. The number of benzene rings is 1. The molecule has 0 radical (unpaired) electrons. The predicted octanol–water partition coefficient (Wildman–Crippen LogP) is 4.72. The van der Waals surface area contributed by atoms with Crippen LogP contribution in [0.2, 0.25) is 0 Å². The number of rotatable bonds is 7. The van der Waals surface area contributed by atoms with Gasteiger partial charge in [0.25, 0.3) is 0 Å². The molecule has 1 amide bonds. The molecule has 1 aliphatic heterocycles. The Morgan fingerprint density at radius 3 is 2.38 bits per heavy atom. The number of hydrogen-bond acceptors (Lipinski definition) is 6. The normalized spacial score (nSPS) is 29.1. The molecule has 1 spiro atoms. The van der Waals surface area contributed by atoms with Crippen molar-refractivity contribution in [3.05, 3.63) is 27.8 Å². The van der Waals surface area contributed by atoms with Gasteiger partial charge >= 0.3 is 0 Å². The molecule has 2 heterocycles. The molecule has 6 aliphatic rings. The van der Waals surface area contributed by atoms with Gasteiger partial charge in [0.05, 0.1) is 27.7 Å². The molecular weight excluding hydrogens is 511 g/mol. The Morgan fingerprint density at radius 2 is 1.75 bits per heavy atom. The van der Waals surface area contributed by atoms with E-state index in [1.807, 2.05) is 4.57 Å². The number of hydrogen-bond donors (Lipinski definition) is 3. The van der Waals surface area contributed by atoms with Crippen molar-refractivity contribution < 1.29 is 18.7 Å². The van der Waals surface area contributed by atoms with Gasteiger partial charge in [0.1, 0.15) is 12.3 Å². The topological polar surface area (TPSA) is 115 Å². The van der Waals surface area contributed by atoms with E-state index in [1.165, 1.54) is 26.2 Å². The third kappa shape index (κ3) is 3.79. The number of carbonyl (C=O) groups is 2. The minimum atomic E-state index is -0.744. The number of ether oxygens (including phenoxy) is 1. The van der Waals surface area contributed by atoms with Gasteiger partial charge < -0.3 is 25.7 Å². The van der Waals surface area contributed by atoms with E-state index in [2.05, 4.69) is 10.6 Å². The number of Topliss-reactive ketones (excluding diaryl/α,β-unsaturated/α-hetero) is 1. The maximum atomic E-state index is 15.7. The van der Waals surface area contributed by atoms with Crippen molar-refractivity contribution in [1.82, 2.24) is 9.88 Å². The van der Waals surface area contributed by atoms with E-state index in [0.29, 0.717) is 49.4 Å². The summed E-state index contributed by atoms with van der Waals surface area (Å²) in [4.78, 5) is 38.9. The van der Waals surface area contributed by atoms with E-state index >= 15 is 4.39 Å². The Balaban J connectivity index is 1.12. The van der Waals surface area contributed by atoms with E-state index in [0.717, 1.165) is 44.9 Å².